The Labute approximate surface area is 101 Å². The molecule has 0 aliphatic heterocycles. The lowest BCUT2D eigenvalue weighted by atomic mass is 9.88. The number of aliphatic hydroxyl groups is 2. The van der Waals surface area contributed by atoms with Crippen LogP contribution < -0.4 is 5.11 Å². The van der Waals surface area contributed by atoms with Crippen LogP contribution in [-0.4, -0.2) is 59.4 Å². The predicted molar refractivity (Wildman–Crippen MR) is 58.5 cm³/mol. The summed E-state index contributed by atoms with van der Waals surface area (Å²) in [6.45, 7) is 1.73. The van der Waals surface area contributed by atoms with Gasteiger partial charge < -0.3 is 24.6 Å². The van der Waals surface area contributed by atoms with Crippen LogP contribution in [0.3, 0.4) is 0 Å². The topological polar surface area (TPSA) is 97.7 Å². The van der Waals surface area contributed by atoms with Crippen molar-refractivity contribution < 1.29 is 29.4 Å². The summed E-state index contributed by atoms with van der Waals surface area (Å²) in [6, 6.07) is 0. The van der Waals surface area contributed by atoms with Gasteiger partial charge in [0.2, 0.25) is 11.8 Å². The average molecular weight is 247 g/mol. The second-order valence-corrected chi connectivity index (χ2v) is 5.14. The lowest BCUT2D eigenvalue weighted by Gasteiger charge is -2.40. The maximum atomic E-state index is 11.8. The second kappa shape index (κ2) is 5.57. The van der Waals surface area contributed by atoms with E-state index in [0.717, 1.165) is 0 Å². The van der Waals surface area contributed by atoms with Crippen molar-refractivity contribution in [2.75, 3.05) is 21.1 Å². The van der Waals surface area contributed by atoms with E-state index in [1.54, 1.807) is 28.1 Å². The summed E-state index contributed by atoms with van der Waals surface area (Å²) >= 11 is 0. The molecule has 0 bridgehead atoms. The first-order chi connectivity index (χ1) is 7.55. The lowest BCUT2D eigenvalue weighted by molar-refractivity contribution is -0.925. The molecule has 0 saturated carbocycles. The molecule has 0 spiro atoms. The minimum absolute atomic E-state index is 0.0147. The number of likely N-dealkylation sites (N-methyl/N-ethyl adjacent to an activating group) is 1. The van der Waals surface area contributed by atoms with E-state index in [-0.39, 0.29) is 10.9 Å². The molecular weight excluding hydrogens is 226 g/mol. The van der Waals surface area contributed by atoms with Crippen LogP contribution in [-0.2, 0) is 9.59 Å². The molecule has 0 rings (SSSR count). The third-order valence-electron chi connectivity index (χ3n) is 2.53. The number of aliphatic hydroxyl groups excluding tert-OH is 1. The zero-order chi connectivity index (χ0) is 13.9. The van der Waals surface area contributed by atoms with Crippen LogP contribution in [0.4, 0.5) is 0 Å². The minimum atomic E-state index is -2.30. The van der Waals surface area contributed by atoms with E-state index < -0.39 is 30.0 Å². The molecule has 0 aromatic carbocycles. The summed E-state index contributed by atoms with van der Waals surface area (Å²) in [5.74, 6) is -2.24. The highest BCUT2D eigenvalue weighted by molar-refractivity contribution is 5.90. The van der Waals surface area contributed by atoms with Gasteiger partial charge in [0.15, 0.2) is 5.78 Å². The molecule has 0 amide bonds. The van der Waals surface area contributed by atoms with Crippen molar-refractivity contribution in [3.63, 3.8) is 0 Å². The Hall–Kier alpha value is -0.980. The number of hydrogen-bond donors (Lipinski definition) is 2. The summed E-state index contributed by atoms with van der Waals surface area (Å²) in [5.41, 5.74) is -2.30. The smallest absolute Gasteiger partial charge is 0.227 e. The quantitative estimate of drug-likeness (QED) is 0.411. The molecule has 100 valence electrons. The zero-order valence-corrected chi connectivity index (χ0v) is 10.8. The van der Waals surface area contributed by atoms with Crippen LogP contribution in [0.5, 0.6) is 0 Å². The fourth-order valence-electron chi connectivity index (χ4n) is 1.64. The number of hydrogen-bond acceptors (Lipinski definition) is 5. The van der Waals surface area contributed by atoms with E-state index in [0.29, 0.717) is 6.42 Å². The van der Waals surface area contributed by atoms with E-state index in [1.807, 2.05) is 0 Å². The van der Waals surface area contributed by atoms with Crippen LogP contribution >= 0.6 is 0 Å². The van der Waals surface area contributed by atoms with Crippen molar-refractivity contribution in [3.05, 3.63) is 0 Å². The van der Waals surface area contributed by atoms with E-state index >= 15 is 0 Å². The monoisotopic (exact) mass is 247 g/mol. The van der Waals surface area contributed by atoms with Crippen LogP contribution in [0, 0.1) is 0 Å². The number of nitrogens with zero attached hydrogens (tertiary/aromatic N) is 1. The Morgan fingerprint density at radius 1 is 1.35 bits per heavy atom. The molecule has 2 N–H and O–H groups in total. The first-order valence-electron chi connectivity index (χ1n) is 5.50. The van der Waals surface area contributed by atoms with Gasteiger partial charge in [0, 0.05) is 18.8 Å². The van der Waals surface area contributed by atoms with Crippen molar-refractivity contribution in [2.24, 2.45) is 0 Å². The molecule has 1 unspecified atom stereocenters. The third kappa shape index (κ3) is 4.07. The number of carboxylic acid groups (broad SMARTS) is 1. The van der Waals surface area contributed by atoms with Crippen LogP contribution in [0.25, 0.3) is 0 Å². The van der Waals surface area contributed by atoms with Gasteiger partial charge in [-0.2, -0.15) is 0 Å². The van der Waals surface area contributed by atoms with Gasteiger partial charge in [-0.1, -0.05) is 6.92 Å². The highest BCUT2D eigenvalue weighted by Gasteiger charge is 2.49. The van der Waals surface area contributed by atoms with Gasteiger partial charge in [0.05, 0.1) is 21.1 Å². The number of rotatable bonds is 7. The van der Waals surface area contributed by atoms with Gasteiger partial charge in [-0.15, -0.1) is 0 Å². The number of Topliss-reactive ketones (excluding diaryl/α,β-unsaturated/α-hetero) is 1. The maximum absolute atomic E-state index is 11.8. The van der Waals surface area contributed by atoms with Crippen molar-refractivity contribution in [1.29, 1.82) is 0 Å². The number of quaternary nitrogens is 1. The normalized spacial score (nSPS) is 17.3. The predicted octanol–water partition coefficient (Wildman–Crippen LogP) is -1.75. The molecule has 0 fully saturated rings. The van der Waals surface area contributed by atoms with E-state index in [2.05, 4.69) is 0 Å². The van der Waals surface area contributed by atoms with Gasteiger partial charge >= 0.3 is 0 Å². The molecule has 0 heterocycles. The summed E-state index contributed by atoms with van der Waals surface area (Å²) in [4.78, 5) is 22.4. The lowest BCUT2D eigenvalue weighted by Crippen LogP contribution is -2.63. The highest BCUT2D eigenvalue weighted by Crippen LogP contribution is 2.23. The molecule has 0 radical (unpaired) electrons. The Morgan fingerprint density at radius 3 is 2.12 bits per heavy atom. The molecule has 2 atom stereocenters. The third-order valence-corrected chi connectivity index (χ3v) is 2.53. The number of carbonyl (C=O) groups excluding carboxylic acids is 2. The fraction of sp³-hybridized carbons (Fsp3) is 0.818. The molecule has 0 aliphatic rings. The molecular formula is C11H21NO5. The standard InChI is InChI=1S/C11H21NO5/c1-5-6-8(13)11(17,7-9(14)15)10(16)12(2,3)4/h10,16-17H,5-7H2,1-4H3/t10?,11-/m0/s1. The molecule has 0 aliphatic carbocycles. The number of carbonyl (C=O) groups is 2. The molecule has 0 aromatic rings. The maximum Gasteiger partial charge on any atom is 0.227 e. The van der Waals surface area contributed by atoms with Crippen molar-refractivity contribution in [2.45, 2.75) is 38.0 Å². The first-order valence-corrected chi connectivity index (χ1v) is 5.50. The van der Waals surface area contributed by atoms with Gasteiger partial charge in [-0.3, -0.25) is 4.79 Å². The molecule has 6 heteroatoms. The second-order valence-electron chi connectivity index (χ2n) is 5.14. The Bertz CT molecular complexity index is 297. The van der Waals surface area contributed by atoms with Crippen molar-refractivity contribution in [1.82, 2.24) is 0 Å². The van der Waals surface area contributed by atoms with Gasteiger partial charge in [-0.25, -0.2) is 0 Å². The summed E-state index contributed by atoms with van der Waals surface area (Å²) < 4.78 is -0.140. The number of ketones is 1. The van der Waals surface area contributed by atoms with E-state index in [1.165, 1.54) is 0 Å². The molecule has 0 saturated heterocycles. The molecule has 0 aromatic heterocycles. The highest BCUT2D eigenvalue weighted by atomic mass is 16.4. The summed E-state index contributed by atoms with van der Waals surface area (Å²) in [5, 5.41) is 30.7. The Morgan fingerprint density at radius 2 is 1.82 bits per heavy atom. The van der Waals surface area contributed by atoms with Gasteiger partial charge in [0.25, 0.3) is 0 Å². The number of aliphatic carboxylic acids is 1. The van der Waals surface area contributed by atoms with Crippen molar-refractivity contribution >= 4 is 11.8 Å². The molecule has 6 nitrogen and oxygen atoms in total. The first kappa shape index (κ1) is 16.0. The SMILES string of the molecule is CCCC(=O)[C@@](O)(CC(=O)[O-])C(O)[N+](C)(C)C. The van der Waals surface area contributed by atoms with E-state index in [4.69, 9.17) is 0 Å². The molecule has 17 heavy (non-hydrogen) atoms. The average Bonchev–Trinajstić information content (AvgIpc) is 2.14. The van der Waals surface area contributed by atoms with Gasteiger partial charge in [-0.05, 0) is 6.42 Å². The van der Waals surface area contributed by atoms with Crippen LogP contribution in [0.1, 0.15) is 26.2 Å². The summed E-state index contributed by atoms with van der Waals surface area (Å²) in [6.07, 6.45) is -1.93. The van der Waals surface area contributed by atoms with E-state index in [9.17, 15) is 24.9 Å². The zero-order valence-electron chi connectivity index (χ0n) is 10.8. The Kier molecular flexibility index (Phi) is 5.25. The van der Waals surface area contributed by atoms with Crippen LogP contribution in [0.15, 0.2) is 0 Å². The van der Waals surface area contributed by atoms with Crippen molar-refractivity contribution in [3.8, 4) is 0 Å². The fourth-order valence-corrected chi connectivity index (χ4v) is 1.64. The largest absolute Gasteiger partial charge is 0.550 e. The Balaban J connectivity index is 5.23. The summed E-state index contributed by atoms with van der Waals surface area (Å²) in [7, 11) is 4.68. The number of carboxylic acids is 1. The minimum Gasteiger partial charge on any atom is -0.550 e. The van der Waals surface area contributed by atoms with Gasteiger partial charge in [0.1, 0.15) is 0 Å². The van der Waals surface area contributed by atoms with Crippen LogP contribution in [0.2, 0.25) is 0 Å².